The molecule has 2 fully saturated rings. The fourth-order valence-electron chi connectivity index (χ4n) is 3.68. The molecule has 8 nitrogen and oxygen atoms in total. The van der Waals surface area contributed by atoms with Crippen LogP contribution in [-0.4, -0.2) is 67.3 Å². The molecule has 0 aromatic carbocycles. The van der Waals surface area contributed by atoms with E-state index >= 15 is 0 Å². The van der Waals surface area contributed by atoms with Crippen molar-refractivity contribution >= 4 is 21.5 Å². The Kier molecular flexibility index (Phi) is 6.00. The Labute approximate surface area is 160 Å². The largest absolute Gasteiger partial charge is 0.371 e. The zero-order chi connectivity index (χ0) is 19.5. The molecule has 0 bridgehead atoms. The molecule has 150 valence electrons. The van der Waals surface area contributed by atoms with Crippen LogP contribution < -0.4 is 0 Å². The molecule has 3 heterocycles. The topological polar surface area (TPSA) is 93.9 Å². The standard InChI is InChI=1S/C18H28N4O4S/c1-3-4-16(23)20-27(25)11-5-18(6-12-27)13-21(9-10-26-18)17(24)15(2)22-8-7-19-14-22/h7-8,14-15H,3-6,9-13H2,1-2H3. The van der Waals surface area contributed by atoms with Gasteiger partial charge in [0.05, 0.1) is 28.3 Å². The van der Waals surface area contributed by atoms with Crippen molar-refractivity contribution in [3.05, 3.63) is 18.7 Å². The fourth-order valence-corrected chi connectivity index (χ4v) is 5.91. The molecule has 0 aliphatic carbocycles. The highest BCUT2D eigenvalue weighted by atomic mass is 32.2. The van der Waals surface area contributed by atoms with Crippen molar-refractivity contribution in [3.8, 4) is 0 Å². The summed E-state index contributed by atoms with van der Waals surface area (Å²) in [7, 11) is -2.50. The average Bonchev–Trinajstić information content (AvgIpc) is 3.18. The second-order valence-corrected chi connectivity index (χ2v) is 9.94. The van der Waals surface area contributed by atoms with Crippen molar-refractivity contribution in [3.63, 3.8) is 0 Å². The van der Waals surface area contributed by atoms with Crippen LogP contribution in [-0.2, 0) is 24.1 Å². The molecule has 0 radical (unpaired) electrons. The Hall–Kier alpha value is -1.74. The first-order valence-corrected chi connectivity index (χ1v) is 11.4. The van der Waals surface area contributed by atoms with E-state index in [9.17, 15) is 13.8 Å². The summed E-state index contributed by atoms with van der Waals surface area (Å²) in [5, 5.41) is 0. The number of hydrogen-bond donors (Lipinski definition) is 0. The van der Waals surface area contributed by atoms with Gasteiger partial charge >= 0.3 is 0 Å². The number of carbonyl (C=O) groups is 2. The quantitative estimate of drug-likeness (QED) is 0.771. The van der Waals surface area contributed by atoms with Crippen molar-refractivity contribution in [1.82, 2.24) is 14.5 Å². The zero-order valence-electron chi connectivity index (χ0n) is 16.0. The van der Waals surface area contributed by atoms with Gasteiger partial charge in [-0.25, -0.2) is 9.19 Å². The van der Waals surface area contributed by atoms with E-state index in [1.807, 2.05) is 18.7 Å². The minimum atomic E-state index is -2.50. The number of morpholine rings is 1. The first-order valence-electron chi connectivity index (χ1n) is 9.52. The zero-order valence-corrected chi connectivity index (χ0v) is 16.8. The molecule has 1 aromatic rings. The van der Waals surface area contributed by atoms with Crippen LogP contribution in [0.2, 0.25) is 0 Å². The van der Waals surface area contributed by atoms with Crippen LogP contribution in [0.5, 0.6) is 0 Å². The van der Waals surface area contributed by atoms with Gasteiger partial charge < -0.3 is 14.2 Å². The number of nitrogens with zero attached hydrogens (tertiary/aromatic N) is 4. The van der Waals surface area contributed by atoms with E-state index < -0.39 is 15.3 Å². The maximum absolute atomic E-state index is 12.9. The summed E-state index contributed by atoms with van der Waals surface area (Å²) >= 11 is 0. The van der Waals surface area contributed by atoms with Crippen molar-refractivity contribution < 1.29 is 18.5 Å². The van der Waals surface area contributed by atoms with E-state index in [0.29, 0.717) is 56.9 Å². The van der Waals surface area contributed by atoms with Crippen LogP contribution in [0.25, 0.3) is 0 Å². The predicted molar refractivity (Wildman–Crippen MR) is 102 cm³/mol. The van der Waals surface area contributed by atoms with Crippen LogP contribution in [0.3, 0.4) is 0 Å². The minimum absolute atomic E-state index is 0.0322. The summed E-state index contributed by atoms with van der Waals surface area (Å²) in [6.45, 7) is 5.27. The summed E-state index contributed by atoms with van der Waals surface area (Å²) in [6, 6.07) is -0.322. The highest BCUT2D eigenvalue weighted by Gasteiger charge is 2.43. The van der Waals surface area contributed by atoms with Gasteiger partial charge in [-0.1, -0.05) is 6.92 Å². The van der Waals surface area contributed by atoms with Crippen LogP contribution in [0.4, 0.5) is 0 Å². The van der Waals surface area contributed by atoms with E-state index in [1.54, 1.807) is 23.3 Å². The van der Waals surface area contributed by atoms with E-state index in [2.05, 4.69) is 9.35 Å². The maximum Gasteiger partial charge on any atom is 0.253 e. The number of amides is 2. The number of carbonyl (C=O) groups excluding carboxylic acids is 2. The lowest BCUT2D eigenvalue weighted by molar-refractivity contribution is -0.154. The third-order valence-corrected chi connectivity index (χ3v) is 7.60. The molecule has 0 N–H and O–H groups in total. The third kappa shape index (κ3) is 4.57. The molecule has 3 rings (SSSR count). The summed E-state index contributed by atoms with van der Waals surface area (Å²) in [4.78, 5) is 30.5. The van der Waals surface area contributed by atoms with Gasteiger partial charge in [0.25, 0.3) is 5.91 Å². The molecule has 1 unspecified atom stereocenters. The molecular weight excluding hydrogens is 368 g/mol. The van der Waals surface area contributed by atoms with Gasteiger partial charge in [-0.2, -0.15) is 4.36 Å². The second-order valence-electron chi connectivity index (χ2n) is 7.39. The van der Waals surface area contributed by atoms with Crippen molar-refractivity contribution in [2.45, 2.75) is 51.2 Å². The molecule has 27 heavy (non-hydrogen) atoms. The van der Waals surface area contributed by atoms with Gasteiger partial charge in [-0.3, -0.25) is 9.59 Å². The van der Waals surface area contributed by atoms with Crippen LogP contribution in [0.15, 0.2) is 23.1 Å². The Morgan fingerprint density at radius 2 is 2.11 bits per heavy atom. The highest BCUT2D eigenvalue weighted by Crippen LogP contribution is 2.32. The molecule has 1 atom stereocenters. The fraction of sp³-hybridized carbons (Fsp3) is 0.722. The molecule has 2 saturated heterocycles. The third-order valence-electron chi connectivity index (χ3n) is 5.37. The smallest absolute Gasteiger partial charge is 0.253 e. The molecular formula is C18H28N4O4S. The van der Waals surface area contributed by atoms with Crippen LogP contribution >= 0.6 is 0 Å². The average molecular weight is 397 g/mol. The highest BCUT2D eigenvalue weighted by molar-refractivity contribution is 7.93. The molecule has 2 aliphatic heterocycles. The SMILES string of the molecule is CCCC(=O)N=S1(=O)CCC2(CC1)CN(C(=O)C(C)n1ccnc1)CCO2. The van der Waals surface area contributed by atoms with Gasteiger partial charge in [0, 0.05) is 43.4 Å². The second kappa shape index (κ2) is 8.10. The first kappa shape index (κ1) is 20.0. The first-order chi connectivity index (χ1) is 12.9. The monoisotopic (exact) mass is 396 g/mol. The summed E-state index contributed by atoms with van der Waals surface area (Å²) in [5.74, 6) is 0.460. The molecule has 9 heteroatoms. The summed E-state index contributed by atoms with van der Waals surface area (Å²) in [6.07, 6.45) is 7.23. The number of rotatable bonds is 4. The van der Waals surface area contributed by atoms with Crippen LogP contribution in [0, 0.1) is 0 Å². The summed E-state index contributed by atoms with van der Waals surface area (Å²) < 4.78 is 24.7. The molecule has 2 amide bonds. The van der Waals surface area contributed by atoms with E-state index in [1.165, 1.54) is 0 Å². The van der Waals surface area contributed by atoms with Crippen molar-refractivity contribution in [2.24, 2.45) is 4.36 Å². The van der Waals surface area contributed by atoms with Gasteiger partial charge in [-0.15, -0.1) is 0 Å². The Morgan fingerprint density at radius 1 is 1.37 bits per heavy atom. The minimum Gasteiger partial charge on any atom is -0.371 e. The number of aromatic nitrogens is 2. The molecule has 2 aliphatic rings. The number of hydrogen-bond acceptors (Lipinski definition) is 5. The van der Waals surface area contributed by atoms with E-state index in [0.717, 1.165) is 0 Å². The van der Waals surface area contributed by atoms with Crippen LogP contribution in [0.1, 0.15) is 45.6 Å². The lowest BCUT2D eigenvalue weighted by atomic mass is 9.94. The maximum atomic E-state index is 12.9. The van der Waals surface area contributed by atoms with Gasteiger partial charge in [0.1, 0.15) is 6.04 Å². The Balaban J connectivity index is 1.65. The van der Waals surface area contributed by atoms with Crippen molar-refractivity contribution in [1.29, 1.82) is 0 Å². The van der Waals surface area contributed by atoms with E-state index in [-0.39, 0.29) is 17.9 Å². The van der Waals surface area contributed by atoms with E-state index in [4.69, 9.17) is 4.74 Å². The normalized spacial score (nSPS) is 29.5. The lowest BCUT2D eigenvalue weighted by Gasteiger charge is -2.45. The molecule has 1 spiro atoms. The van der Waals surface area contributed by atoms with Gasteiger partial charge in [-0.05, 0) is 26.2 Å². The number of imidazole rings is 1. The van der Waals surface area contributed by atoms with Gasteiger partial charge in [0.2, 0.25) is 5.91 Å². The lowest BCUT2D eigenvalue weighted by Crippen LogP contribution is -2.57. The summed E-state index contributed by atoms with van der Waals surface area (Å²) in [5.41, 5.74) is -0.479. The predicted octanol–water partition coefficient (Wildman–Crippen LogP) is 1.63. The molecule has 1 aromatic heterocycles. The Bertz CT molecular complexity index is 784. The van der Waals surface area contributed by atoms with Crippen molar-refractivity contribution in [2.75, 3.05) is 31.2 Å². The Morgan fingerprint density at radius 3 is 2.74 bits per heavy atom. The molecule has 0 saturated carbocycles. The number of ether oxygens (including phenoxy) is 1. The van der Waals surface area contributed by atoms with Gasteiger partial charge in [0.15, 0.2) is 0 Å².